The molecular weight excluding hydrogens is 170 g/mol. The minimum Gasteiger partial charge on any atom is -0.378 e. The summed E-state index contributed by atoms with van der Waals surface area (Å²) < 4.78 is 0. The molecule has 0 N–H and O–H groups in total. The molecule has 0 spiro atoms. The van der Waals surface area contributed by atoms with Gasteiger partial charge >= 0.3 is 0 Å². The zero-order chi connectivity index (χ0) is 10.1. The molecule has 0 saturated carbocycles. The van der Waals surface area contributed by atoms with Crippen LogP contribution in [0.1, 0.15) is 46.0 Å². The lowest BCUT2D eigenvalue weighted by Crippen LogP contribution is -2.33. The summed E-state index contributed by atoms with van der Waals surface area (Å²) in [4.78, 5) is 2.51. The van der Waals surface area contributed by atoms with Gasteiger partial charge in [0.2, 0.25) is 0 Å². The molecule has 2 rings (SSSR count). The van der Waals surface area contributed by atoms with Crippen LogP contribution in [0.25, 0.3) is 0 Å². The first-order valence-electron chi connectivity index (χ1n) is 6.13. The van der Waals surface area contributed by atoms with E-state index in [1.807, 2.05) is 0 Å². The van der Waals surface area contributed by atoms with Gasteiger partial charge in [-0.1, -0.05) is 13.8 Å². The summed E-state index contributed by atoms with van der Waals surface area (Å²) in [7, 11) is 2.28. The zero-order valence-corrected chi connectivity index (χ0v) is 9.84. The molecule has 1 unspecified atom stereocenters. The fourth-order valence-electron chi connectivity index (χ4n) is 3.13. The molecule has 14 heavy (non-hydrogen) atoms. The number of hydrogen-bond donors (Lipinski definition) is 0. The summed E-state index contributed by atoms with van der Waals surface area (Å²) in [5, 5.41) is 0. The molecule has 0 aromatic carbocycles. The second-order valence-corrected chi connectivity index (χ2v) is 5.24. The lowest BCUT2D eigenvalue weighted by molar-refractivity contribution is 0.262. The van der Waals surface area contributed by atoms with Gasteiger partial charge in [-0.05, 0) is 49.5 Å². The Kier molecular flexibility index (Phi) is 2.85. The van der Waals surface area contributed by atoms with Crippen molar-refractivity contribution in [1.82, 2.24) is 4.90 Å². The summed E-state index contributed by atoms with van der Waals surface area (Å²) >= 11 is 0. The molecule has 0 aromatic rings. The van der Waals surface area contributed by atoms with Crippen LogP contribution in [0.4, 0.5) is 0 Å². The van der Waals surface area contributed by atoms with E-state index in [1.165, 1.54) is 38.6 Å². The van der Waals surface area contributed by atoms with Gasteiger partial charge in [-0.15, -0.1) is 0 Å². The smallest absolute Gasteiger partial charge is 0.0177 e. The fourth-order valence-corrected chi connectivity index (χ4v) is 3.13. The molecule has 0 amide bonds. The average molecular weight is 193 g/mol. The SMILES string of the molecule is CC(C)C1CCN(C)C2=C1CCCC2. The van der Waals surface area contributed by atoms with Gasteiger partial charge < -0.3 is 4.90 Å². The van der Waals surface area contributed by atoms with Crippen LogP contribution in [0.15, 0.2) is 11.3 Å². The van der Waals surface area contributed by atoms with Crippen molar-refractivity contribution in [1.29, 1.82) is 0 Å². The van der Waals surface area contributed by atoms with E-state index in [-0.39, 0.29) is 0 Å². The Bertz CT molecular complexity index is 240. The summed E-state index contributed by atoms with van der Waals surface area (Å²) in [6, 6.07) is 0. The molecule has 0 aromatic heterocycles. The van der Waals surface area contributed by atoms with Crippen molar-refractivity contribution in [3.8, 4) is 0 Å². The maximum atomic E-state index is 2.51. The average Bonchev–Trinajstić information content (AvgIpc) is 2.18. The lowest BCUT2D eigenvalue weighted by Gasteiger charge is -2.40. The third-order valence-electron chi connectivity index (χ3n) is 3.97. The van der Waals surface area contributed by atoms with Crippen molar-refractivity contribution >= 4 is 0 Å². The Morgan fingerprint density at radius 1 is 1.21 bits per heavy atom. The van der Waals surface area contributed by atoms with E-state index in [9.17, 15) is 0 Å². The summed E-state index contributed by atoms with van der Waals surface area (Å²) in [6.45, 7) is 6.05. The highest BCUT2D eigenvalue weighted by Crippen LogP contribution is 2.39. The normalized spacial score (nSPS) is 28.3. The topological polar surface area (TPSA) is 3.24 Å². The number of allylic oxidation sites excluding steroid dienone is 2. The van der Waals surface area contributed by atoms with Crippen LogP contribution < -0.4 is 0 Å². The number of hydrogen-bond acceptors (Lipinski definition) is 1. The maximum Gasteiger partial charge on any atom is 0.0177 e. The van der Waals surface area contributed by atoms with Crippen molar-refractivity contribution in [2.24, 2.45) is 11.8 Å². The van der Waals surface area contributed by atoms with Crippen LogP contribution in [0.5, 0.6) is 0 Å². The highest BCUT2D eigenvalue weighted by Gasteiger charge is 2.29. The van der Waals surface area contributed by atoms with Gasteiger partial charge in [0.05, 0.1) is 0 Å². The van der Waals surface area contributed by atoms with Crippen molar-refractivity contribution in [2.45, 2.75) is 46.0 Å². The van der Waals surface area contributed by atoms with Crippen LogP contribution in [0.2, 0.25) is 0 Å². The minimum absolute atomic E-state index is 0.840. The molecule has 0 radical (unpaired) electrons. The van der Waals surface area contributed by atoms with Gasteiger partial charge in [0, 0.05) is 19.3 Å². The molecule has 1 aliphatic carbocycles. The highest BCUT2D eigenvalue weighted by atomic mass is 15.1. The first kappa shape index (κ1) is 10.1. The third-order valence-corrected chi connectivity index (χ3v) is 3.97. The Morgan fingerprint density at radius 3 is 2.64 bits per heavy atom. The molecular formula is C13H23N. The fraction of sp³-hybridized carbons (Fsp3) is 0.846. The van der Waals surface area contributed by atoms with Gasteiger partial charge in [-0.3, -0.25) is 0 Å². The second-order valence-electron chi connectivity index (χ2n) is 5.24. The third kappa shape index (κ3) is 1.69. The van der Waals surface area contributed by atoms with E-state index in [0.717, 1.165) is 11.8 Å². The predicted octanol–water partition coefficient (Wildman–Crippen LogP) is 3.42. The van der Waals surface area contributed by atoms with Gasteiger partial charge in [-0.2, -0.15) is 0 Å². The largest absolute Gasteiger partial charge is 0.378 e. The van der Waals surface area contributed by atoms with E-state index in [4.69, 9.17) is 0 Å². The van der Waals surface area contributed by atoms with Gasteiger partial charge in [0.15, 0.2) is 0 Å². The van der Waals surface area contributed by atoms with E-state index in [0.29, 0.717) is 0 Å². The Labute approximate surface area is 88.2 Å². The molecule has 1 heteroatoms. The van der Waals surface area contributed by atoms with Crippen LogP contribution in [-0.4, -0.2) is 18.5 Å². The first-order valence-corrected chi connectivity index (χ1v) is 6.13. The molecule has 1 atom stereocenters. The molecule has 2 aliphatic rings. The van der Waals surface area contributed by atoms with E-state index in [1.54, 1.807) is 11.3 Å². The van der Waals surface area contributed by atoms with E-state index >= 15 is 0 Å². The highest BCUT2D eigenvalue weighted by molar-refractivity contribution is 5.22. The molecule has 80 valence electrons. The van der Waals surface area contributed by atoms with E-state index in [2.05, 4.69) is 25.8 Å². The van der Waals surface area contributed by atoms with Crippen LogP contribution in [0.3, 0.4) is 0 Å². The predicted molar refractivity (Wildman–Crippen MR) is 61.1 cm³/mol. The Hall–Kier alpha value is -0.460. The summed E-state index contributed by atoms with van der Waals surface area (Å²) in [6.07, 6.45) is 6.94. The van der Waals surface area contributed by atoms with Gasteiger partial charge in [0.1, 0.15) is 0 Å². The van der Waals surface area contributed by atoms with Crippen molar-refractivity contribution in [2.75, 3.05) is 13.6 Å². The quantitative estimate of drug-likeness (QED) is 0.617. The standard InChI is InChI=1S/C13H23N/c1-10(2)11-8-9-14(3)13-7-5-4-6-12(11)13/h10-11H,4-9H2,1-3H3. The van der Waals surface area contributed by atoms with Crippen molar-refractivity contribution < 1.29 is 0 Å². The Balaban J connectivity index is 2.26. The monoisotopic (exact) mass is 193 g/mol. The maximum absolute atomic E-state index is 2.51. The van der Waals surface area contributed by atoms with Crippen molar-refractivity contribution in [3.63, 3.8) is 0 Å². The second kappa shape index (κ2) is 3.96. The van der Waals surface area contributed by atoms with Crippen LogP contribution in [-0.2, 0) is 0 Å². The zero-order valence-electron chi connectivity index (χ0n) is 9.84. The van der Waals surface area contributed by atoms with E-state index < -0.39 is 0 Å². The minimum atomic E-state index is 0.840. The summed E-state index contributed by atoms with van der Waals surface area (Å²) in [5.41, 5.74) is 3.50. The van der Waals surface area contributed by atoms with Crippen LogP contribution >= 0.6 is 0 Å². The molecule has 0 saturated heterocycles. The van der Waals surface area contributed by atoms with Gasteiger partial charge in [-0.25, -0.2) is 0 Å². The summed E-state index contributed by atoms with van der Waals surface area (Å²) in [5.74, 6) is 1.73. The first-order chi connectivity index (χ1) is 6.70. The Morgan fingerprint density at radius 2 is 1.93 bits per heavy atom. The lowest BCUT2D eigenvalue weighted by atomic mass is 9.76. The molecule has 1 aliphatic heterocycles. The van der Waals surface area contributed by atoms with Crippen molar-refractivity contribution in [3.05, 3.63) is 11.3 Å². The molecule has 1 nitrogen and oxygen atoms in total. The van der Waals surface area contributed by atoms with Gasteiger partial charge in [0.25, 0.3) is 0 Å². The molecule has 0 bridgehead atoms. The molecule has 1 heterocycles. The number of rotatable bonds is 1. The van der Waals surface area contributed by atoms with Crippen LogP contribution in [0, 0.1) is 11.8 Å². The number of nitrogens with zero attached hydrogens (tertiary/aromatic N) is 1. The molecule has 0 fully saturated rings.